The fraction of sp³-hybridized carbons (Fsp3) is 0.278. The van der Waals surface area contributed by atoms with Crippen LogP contribution >= 0.6 is 0 Å². The van der Waals surface area contributed by atoms with Crippen LogP contribution in [0.25, 0.3) is 0 Å². The van der Waals surface area contributed by atoms with Crippen molar-refractivity contribution in [2.24, 2.45) is 0 Å². The van der Waals surface area contributed by atoms with Gasteiger partial charge in [-0.3, -0.25) is 4.79 Å². The number of benzene rings is 2. The van der Waals surface area contributed by atoms with Crippen molar-refractivity contribution in [3.63, 3.8) is 0 Å². The molecule has 0 aliphatic heterocycles. The highest BCUT2D eigenvalue weighted by molar-refractivity contribution is 7.89. The van der Waals surface area contributed by atoms with Crippen molar-refractivity contribution < 1.29 is 22.3 Å². The van der Waals surface area contributed by atoms with Crippen LogP contribution in [0, 0.1) is 5.82 Å². The number of rotatable bonds is 9. The van der Waals surface area contributed by atoms with Crippen LogP contribution in [-0.4, -0.2) is 27.5 Å². The van der Waals surface area contributed by atoms with E-state index in [4.69, 9.17) is 4.74 Å². The Kier molecular flexibility index (Phi) is 7.11. The first kappa shape index (κ1) is 19.9. The Labute approximate surface area is 152 Å². The Morgan fingerprint density at radius 2 is 1.88 bits per heavy atom. The molecule has 140 valence electrons. The third-order valence-electron chi connectivity index (χ3n) is 3.43. The van der Waals surface area contributed by atoms with Crippen molar-refractivity contribution in [1.82, 2.24) is 4.72 Å². The Bertz CT molecular complexity index is 839. The molecule has 0 fully saturated rings. The fourth-order valence-electron chi connectivity index (χ4n) is 2.08. The largest absolute Gasteiger partial charge is 0.484 e. The van der Waals surface area contributed by atoms with E-state index >= 15 is 0 Å². The number of hydrogen-bond donors (Lipinski definition) is 2. The molecule has 0 unspecified atom stereocenters. The maximum Gasteiger partial charge on any atom is 0.262 e. The topological polar surface area (TPSA) is 84.5 Å². The Hall–Kier alpha value is -2.45. The number of carbonyl (C=O) groups is 1. The molecule has 0 radical (unpaired) electrons. The molecule has 0 saturated heterocycles. The van der Waals surface area contributed by atoms with Gasteiger partial charge in [0.05, 0.1) is 4.90 Å². The third kappa shape index (κ3) is 6.12. The summed E-state index contributed by atoms with van der Waals surface area (Å²) >= 11 is 0. The predicted octanol–water partition coefficient (Wildman–Crippen LogP) is 2.92. The molecular weight excluding hydrogens is 359 g/mol. The summed E-state index contributed by atoms with van der Waals surface area (Å²) in [6, 6.07) is 11.3. The second-order valence-corrected chi connectivity index (χ2v) is 7.34. The highest BCUT2D eigenvalue weighted by Gasteiger charge is 2.14. The summed E-state index contributed by atoms with van der Waals surface area (Å²) in [4.78, 5) is 12.0. The van der Waals surface area contributed by atoms with Crippen LogP contribution in [0.15, 0.2) is 53.4 Å². The fourth-order valence-corrected chi connectivity index (χ4v) is 3.20. The molecule has 0 aromatic heterocycles. The monoisotopic (exact) mass is 380 g/mol. The molecule has 0 aliphatic rings. The summed E-state index contributed by atoms with van der Waals surface area (Å²) in [6.45, 7) is 2.05. The molecule has 26 heavy (non-hydrogen) atoms. The lowest BCUT2D eigenvalue weighted by molar-refractivity contribution is -0.118. The van der Waals surface area contributed by atoms with Crippen LogP contribution in [0.4, 0.5) is 10.1 Å². The van der Waals surface area contributed by atoms with Gasteiger partial charge in [0.1, 0.15) is 11.6 Å². The molecule has 0 spiro atoms. The molecule has 0 heterocycles. The van der Waals surface area contributed by atoms with Gasteiger partial charge in [0.2, 0.25) is 10.0 Å². The normalized spacial score (nSPS) is 11.2. The maximum atomic E-state index is 12.8. The number of ether oxygens (including phenoxy) is 1. The molecule has 0 bridgehead atoms. The average Bonchev–Trinajstić information content (AvgIpc) is 2.61. The Balaban J connectivity index is 1.94. The molecule has 1 amide bonds. The lowest BCUT2D eigenvalue weighted by Gasteiger charge is -2.10. The summed E-state index contributed by atoms with van der Waals surface area (Å²) < 4.78 is 45.0. The minimum atomic E-state index is -3.62. The van der Waals surface area contributed by atoms with Crippen LogP contribution in [0.5, 0.6) is 5.75 Å². The number of carbonyl (C=O) groups excluding carboxylic acids is 1. The molecule has 2 aromatic carbocycles. The van der Waals surface area contributed by atoms with Crippen molar-refractivity contribution in [1.29, 1.82) is 0 Å². The van der Waals surface area contributed by atoms with E-state index in [1.54, 1.807) is 12.1 Å². The number of hydrogen-bond acceptors (Lipinski definition) is 4. The minimum Gasteiger partial charge on any atom is -0.484 e. The van der Waals surface area contributed by atoms with Gasteiger partial charge in [0.15, 0.2) is 6.61 Å². The van der Waals surface area contributed by atoms with Crippen LogP contribution in [0.1, 0.15) is 19.8 Å². The van der Waals surface area contributed by atoms with Crippen molar-refractivity contribution in [2.45, 2.75) is 24.7 Å². The van der Waals surface area contributed by atoms with Gasteiger partial charge in [-0.15, -0.1) is 0 Å². The zero-order chi connectivity index (χ0) is 19.0. The first-order valence-corrected chi connectivity index (χ1v) is 9.67. The van der Waals surface area contributed by atoms with Gasteiger partial charge in [0.25, 0.3) is 5.91 Å². The zero-order valence-electron chi connectivity index (χ0n) is 14.4. The van der Waals surface area contributed by atoms with E-state index in [0.717, 1.165) is 12.8 Å². The first-order valence-electron chi connectivity index (χ1n) is 8.18. The number of halogens is 1. The Morgan fingerprint density at radius 3 is 2.58 bits per heavy atom. The number of amides is 1. The highest BCUT2D eigenvalue weighted by Crippen LogP contribution is 2.16. The smallest absolute Gasteiger partial charge is 0.262 e. The van der Waals surface area contributed by atoms with Crippen molar-refractivity contribution in [3.8, 4) is 5.75 Å². The highest BCUT2D eigenvalue weighted by atomic mass is 32.2. The quantitative estimate of drug-likeness (QED) is 0.655. The second-order valence-electron chi connectivity index (χ2n) is 5.57. The zero-order valence-corrected chi connectivity index (χ0v) is 15.2. The molecule has 0 saturated carbocycles. The van der Waals surface area contributed by atoms with Crippen molar-refractivity contribution in [2.75, 3.05) is 18.5 Å². The van der Waals surface area contributed by atoms with Gasteiger partial charge in [-0.25, -0.2) is 17.5 Å². The molecule has 2 aromatic rings. The van der Waals surface area contributed by atoms with Gasteiger partial charge in [0, 0.05) is 12.2 Å². The molecule has 2 N–H and O–H groups in total. The standard InChI is InChI=1S/C18H21FN2O4S/c1-2-3-11-20-26(23,24)17-6-4-5-15(12-17)21-18(22)13-25-16-9-7-14(19)8-10-16/h4-10,12,20H,2-3,11,13H2,1H3,(H,21,22). The molecule has 2 rings (SSSR count). The lowest BCUT2D eigenvalue weighted by Crippen LogP contribution is -2.25. The number of unbranched alkanes of at least 4 members (excludes halogenated alkanes) is 1. The SMILES string of the molecule is CCCCNS(=O)(=O)c1cccc(NC(=O)COc2ccc(F)cc2)c1. The van der Waals surface area contributed by atoms with E-state index in [1.807, 2.05) is 6.92 Å². The van der Waals surface area contributed by atoms with Crippen LogP contribution in [-0.2, 0) is 14.8 Å². The van der Waals surface area contributed by atoms with Crippen LogP contribution < -0.4 is 14.8 Å². The summed E-state index contributed by atoms with van der Waals surface area (Å²) in [5.41, 5.74) is 0.344. The van der Waals surface area contributed by atoms with Crippen molar-refractivity contribution >= 4 is 21.6 Å². The van der Waals surface area contributed by atoms with E-state index in [0.29, 0.717) is 18.0 Å². The Morgan fingerprint density at radius 1 is 1.15 bits per heavy atom. The number of anilines is 1. The van der Waals surface area contributed by atoms with E-state index in [1.165, 1.54) is 36.4 Å². The van der Waals surface area contributed by atoms with Crippen molar-refractivity contribution in [3.05, 3.63) is 54.3 Å². The third-order valence-corrected chi connectivity index (χ3v) is 4.89. The molecule has 0 aliphatic carbocycles. The second kappa shape index (κ2) is 9.30. The van der Waals surface area contributed by atoms with Gasteiger partial charge in [-0.05, 0) is 48.9 Å². The summed E-state index contributed by atoms with van der Waals surface area (Å²) in [5, 5.41) is 2.57. The van der Waals surface area contributed by atoms with E-state index in [2.05, 4.69) is 10.0 Å². The van der Waals surface area contributed by atoms with Gasteiger partial charge >= 0.3 is 0 Å². The number of nitrogens with one attached hydrogen (secondary N) is 2. The van der Waals surface area contributed by atoms with Gasteiger partial charge < -0.3 is 10.1 Å². The minimum absolute atomic E-state index is 0.0749. The summed E-state index contributed by atoms with van der Waals surface area (Å²) in [6.07, 6.45) is 1.63. The number of sulfonamides is 1. The molecule has 6 nitrogen and oxygen atoms in total. The average molecular weight is 380 g/mol. The molecule has 8 heteroatoms. The van der Waals surface area contributed by atoms with Gasteiger partial charge in [-0.1, -0.05) is 19.4 Å². The van der Waals surface area contributed by atoms with E-state index in [9.17, 15) is 17.6 Å². The maximum absolute atomic E-state index is 12.8. The summed E-state index contributed by atoms with van der Waals surface area (Å²) in [7, 11) is -3.62. The first-order chi connectivity index (χ1) is 12.4. The van der Waals surface area contributed by atoms with Crippen LogP contribution in [0.2, 0.25) is 0 Å². The van der Waals surface area contributed by atoms with Gasteiger partial charge in [-0.2, -0.15) is 0 Å². The van der Waals surface area contributed by atoms with E-state index < -0.39 is 21.7 Å². The van der Waals surface area contributed by atoms with Crippen LogP contribution in [0.3, 0.4) is 0 Å². The van der Waals surface area contributed by atoms with E-state index in [-0.39, 0.29) is 11.5 Å². The molecule has 0 atom stereocenters. The lowest BCUT2D eigenvalue weighted by atomic mass is 10.3. The summed E-state index contributed by atoms with van der Waals surface area (Å²) in [5.74, 6) is -0.492. The molecular formula is C18H21FN2O4S. The predicted molar refractivity (Wildman–Crippen MR) is 97.1 cm³/mol.